The van der Waals surface area contributed by atoms with Gasteiger partial charge in [-0.1, -0.05) is 115 Å². The van der Waals surface area contributed by atoms with Crippen LogP contribution >= 0.6 is 22.7 Å². The maximum absolute atomic E-state index is 8.67. The van der Waals surface area contributed by atoms with Crippen molar-refractivity contribution in [1.82, 2.24) is 4.57 Å². The first-order chi connectivity index (χ1) is 25.2. The van der Waals surface area contributed by atoms with E-state index < -0.39 is 0 Å². The molecule has 0 aliphatic carbocycles. The Morgan fingerprint density at radius 2 is 1.18 bits per heavy atom. The van der Waals surface area contributed by atoms with E-state index in [4.69, 9.17) is 10.4 Å². The number of hydrogen-bond acceptors (Lipinski definition) is 3. The van der Waals surface area contributed by atoms with Gasteiger partial charge in [0.15, 0.2) is 11.7 Å². The van der Waals surface area contributed by atoms with Crippen LogP contribution in [-0.2, 0) is 0 Å². The van der Waals surface area contributed by atoms with Crippen molar-refractivity contribution in [2.75, 3.05) is 0 Å². The first-order valence-electron chi connectivity index (χ1n) is 16.8. The Bertz CT molecular complexity index is 2980. The lowest BCUT2D eigenvalue weighted by Crippen LogP contribution is -2.04. The minimum absolute atomic E-state index is 0.179. The standard InChI is InChI=1S/C45H28N4S2/c46-44(29-12-3-1-4-13-29)48-45(30-14-5-2-6-15-30)47-27-28-22-24-38-34(26-28)42-40(50-38)25-23-33-41-37(20-11-21-39(41)51-43(33)42)49-35-18-9-7-16-31(35)32-17-8-10-19-36(32)49/h1-27,46H. The van der Waals surface area contributed by atoms with Gasteiger partial charge in [0, 0.05) is 68.5 Å². The van der Waals surface area contributed by atoms with Crippen molar-refractivity contribution < 1.29 is 0 Å². The maximum Gasteiger partial charge on any atom is 0.161 e. The largest absolute Gasteiger partial charge is 0.309 e. The smallest absolute Gasteiger partial charge is 0.161 e. The molecular formula is C45H28N4S2. The van der Waals surface area contributed by atoms with Crippen molar-refractivity contribution in [3.8, 4) is 5.69 Å². The highest BCUT2D eigenvalue weighted by Crippen LogP contribution is 2.47. The van der Waals surface area contributed by atoms with Crippen LogP contribution in [0.1, 0.15) is 16.7 Å². The second-order valence-corrected chi connectivity index (χ2v) is 14.7. The third-order valence-corrected chi connectivity index (χ3v) is 11.9. The second kappa shape index (κ2) is 12.0. The summed E-state index contributed by atoms with van der Waals surface area (Å²) in [5.74, 6) is 0.683. The van der Waals surface area contributed by atoms with Crippen molar-refractivity contribution in [3.63, 3.8) is 0 Å². The molecule has 240 valence electrons. The number of benzene rings is 7. The van der Waals surface area contributed by atoms with Gasteiger partial charge in [-0.3, -0.25) is 5.41 Å². The van der Waals surface area contributed by atoms with Gasteiger partial charge >= 0.3 is 0 Å². The molecule has 6 heteroatoms. The predicted octanol–water partition coefficient (Wildman–Crippen LogP) is 12.4. The summed E-state index contributed by atoms with van der Waals surface area (Å²) in [5, 5.41) is 16.3. The van der Waals surface area contributed by atoms with Crippen LogP contribution in [0.25, 0.3) is 67.8 Å². The Morgan fingerprint density at radius 3 is 1.92 bits per heavy atom. The molecule has 0 spiro atoms. The Labute approximate surface area is 301 Å². The topological polar surface area (TPSA) is 53.5 Å². The summed E-state index contributed by atoms with van der Waals surface area (Å²) in [6, 6.07) is 54.8. The number of hydrogen-bond donors (Lipinski definition) is 1. The average molecular weight is 689 g/mol. The molecule has 1 N–H and O–H groups in total. The van der Waals surface area contributed by atoms with Gasteiger partial charge in [0.1, 0.15) is 0 Å². The number of fused-ring (bicyclic) bond motifs is 10. The number of nitrogens with one attached hydrogen (secondary N) is 1. The fourth-order valence-corrected chi connectivity index (χ4v) is 9.69. The zero-order valence-electron chi connectivity index (χ0n) is 27.2. The summed E-state index contributed by atoms with van der Waals surface area (Å²) in [7, 11) is 0. The fourth-order valence-electron chi connectivity index (χ4n) is 7.25. The van der Waals surface area contributed by atoms with Crippen molar-refractivity contribution in [3.05, 3.63) is 174 Å². The number of thiophene rings is 2. The Hall–Kier alpha value is -6.21. The molecule has 0 unspecified atom stereocenters. The van der Waals surface area contributed by atoms with Crippen LogP contribution in [-0.4, -0.2) is 22.5 Å². The number of aromatic nitrogens is 1. The van der Waals surface area contributed by atoms with Crippen molar-refractivity contribution in [2.45, 2.75) is 0 Å². The minimum atomic E-state index is 0.179. The van der Waals surface area contributed by atoms with Crippen LogP contribution < -0.4 is 0 Å². The maximum atomic E-state index is 8.67. The highest BCUT2D eigenvalue weighted by Gasteiger charge is 2.19. The van der Waals surface area contributed by atoms with E-state index in [1.54, 1.807) is 0 Å². The lowest BCUT2D eigenvalue weighted by molar-refractivity contribution is 1.20. The molecule has 7 aromatic carbocycles. The Balaban J connectivity index is 1.14. The normalized spacial score (nSPS) is 12.4. The quantitative estimate of drug-likeness (QED) is 0.141. The summed E-state index contributed by atoms with van der Waals surface area (Å²) >= 11 is 3.71. The molecule has 0 aliphatic heterocycles. The van der Waals surface area contributed by atoms with Gasteiger partial charge in [-0.25, -0.2) is 9.98 Å². The van der Waals surface area contributed by atoms with E-state index >= 15 is 0 Å². The Morgan fingerprint density at radius 1 is 0.529 bits per heavy atom. The van der Waals surface area contributed by atoms with Crippen LogP contribution in [0, 0.1) is 5.41 Å². The molecule has 3 heterocycles. The number of amidine groups is 2. The van der Waals surface area contributed by atoms with E-state index in [0.717, 1.165) is 16.7 Å². The molecule has 0 aliphatic rings. The van der Waals surface area contributed by atoms with Gasteiger partial charge < -0.3 is 4.57 Å². The molecule has 0 fully saturated rings. The zero-order valence-corrected chi connectivity index (χ0v) is 28.9. The van der Waals surface area contributed by atoms with Gasteiger partial charge in [-0.05, 0) is 48.0 Å². The SMILES string of the molecule is N=C(N=C(N=Cc1ccc2sc3ccc4c(sc5cccc(-n6c7ccccc7c7ccccc76)c54)c3c2c1)c1ccccc1)c1ccccc1. The van der Waals surface area contributed by atoms with Gasteiger partial charge in [-0.2, -0.15) is 0 Å². The number of nitrogens with zero attached hydrogens (tertiary/aromatic N) is 3. The molecule has 0 atom stereocenters. The highest BCUT2D eigenvalue weighted by atomic mass is 32.1. The molecule has 10 rings (SSSR count). The summed E-state index contributed by atoms with van der Waals surface area (Å²) in [6.07, 6.45) is 1.87. The van der Waals surface area contributed by atoms with Crippen molar-refractivity contribution >= 4 is 103 Å². The van der Waals surface area contributed by atoms with Crippen LogP contribution in [0.3, 0.4) is 0 Å². The number of para-hydroxylation sites is 2. The summed E-state index contributed by atoms with van der Waals surface area (Å²) in [4.78, 5) is 9.55. The molecule has 10 aromatic rings. The van der Waals surface area contributed by atoms with Crippen molar-refractivity contribution in [2.24, 2.45) is 9.98 Å². The lowest BCUT2D eigenvalue weighted by atomic mass is 10.1. The fraction of sp³-hybridized carbons (Fsp3) is 0. The number of rotatable bonds is 4. The van der Waals surface area contributed by atoms with Crippen LogP contribution in [0.15, 0.2) is 168 Å². The van der Waals surface area contributed by atoms with E-state index in [1.165, 1.54) is 67.8 Å². The first-order valence-corrected chi connectivity index (χ1v) is 18.5. The molecule has 4 nitrogen and oxygen atoms in total. The second-order valence-electron chi connectivity index (χ2n) is 12.6. The molecule has 0 bridgehead atoms. The predicted molar refractivity (Wildman–Crippen MR) is 220 cm³/mol. The molecule has 0 radical (unpaired) electrons. The van der Waals surface area contributed by atoms with E-state index in [0.29, 0.717) is 5.84 Å². The van der Waals surface area contributed by atoms with Gasteiger partial charge in [-0.15, -0.1) is 22.7 Å². The van der Waals surface area contributed by atoms with Crippen LogP contribution in [0.5, 0.6) is 0 Å². The lowest BCUT2D eigenvalue weighted by Gasteiger charge is -2.10. The number of aliphatic imine (C=N–C) groups is 2. The first kappa shape index (κ1) is 29.7. The van der Waals surface area contributed by atoms with Gasteiger partial charge in [0.05, 0.1) is 16.7 Å². The third-order valence-electron chi connectivity index (χ3n) is 9.55. The van der Waals surface area contributed by atoms with Crippen LogP contribution in [0.4, 0.5) is 0 Å². The van der Waals surface area contributed by atoms with E-state index in [9.17, 15) is 0 Å². The monoisotopic (exact) mass is 688 g/mol. The molecular weight excluding hydrogens is 661 g/mol. The third kappa shape index (κ3) is 4.91. The Kier molecular flexibility index (Phi) is 6.98. The van der Waals surface area contributed by atoms with E-state index in [1.807, 2.05) is 89.6 Å². The summed E-state index contributed by atoms with van der Waals surface area (Å²) < 4.78 is 7.54. The molecule has 0 amide bonds. The van der Waals surface area contributed by atoms with Crippen LogP contribution in [0.2, 0.25) is 0 Å². The van der Waals surface area contributed by atoms with Crippen molar-refractivity contribution in [1.29, 1.82) is 5.41 Å². The zero-order chi connectivity index (χ0) is 33.9. The average Bonchev–Trinajstić information content (AvgIpc) is 3.86. The van der Waals surface area contributed by atoms with Gasteiger partial charge in [0.25, 0.3) is 0 Å². The highest BCUT2D eigenvalue weighted by molar-refractivity contribution is 7.29. The molecule has 3 aromatic heterocycles. The summed E-state index contributed by atoms with van der Waals surface area (Å²) in [6.45, 7) is 0. The molecule has 0 saturated heterocycles. The van der Waals surface area contributed by atoms with Gasteiger partial charge in [0.2, 0.25) is 0 Å². The molecule has 51 heavy (non-hydrogen) atoms. The van der Waals surface area contributed by atoms with E-state index in [-0.39, 0.29) is 5.84 Å². The minimum Gasteiger partial charge on any atom is -0.309 e. The van der Waals surface area contributed by atoms with E-state index in [2.05, 4.69) is 107 Å². The summed E-state index contributed by atoms with van der Waals surface area (Å²) in [5.41, 5.74) is 6.24. The molecule has 0 saturated carbocycles.